The molecule has 0 amide bonds. The van der Waals surface area contributed by atoms with E-state index in [1.165, 1.54) is 0 Å². The molecule has 0 aliphatic rings. The van der Waals surface area contributed by atoms with E-state index in [0.717, 1.165) is 24.4 Å². The van der Waals surface area contributed by atoms with E-state index < -0.39 is 0 Å². The molecule has 6 heteroatoms. The Morgan fingerprint density at radius 1 is 1.00 bits per heavy atom. The van der Waals surface area contributed by atoms with Gasteiger partial charge in [-0.3, -0.25) is 9.36 Å². The van der Waals surface area contributed by atoms with Crippen LogP contribution in [0.2, 0.25) is 0 Å². The molecule has 0 atom stereocenters. The van der Waals surface area contributed by atoms with Crippen molar-refractivity contribution in [2.24, 2.45) is 0 Å². The summed E-state index contributed by atoms with van der Waals surface area (Å²) in [6, 6.07) is 16.4. The van der Waals surface area contributed by atoms with Crippen molar-refractivity contribution in [3.05, 3.63) is 70.2 Å². The van der Waals surface area contributed by atoms with Gasteiger partial charge in [0, 0.05) is 19.2 Å². The Labute approximate surface area is 159 Å². The fraction of sp³-hybridized carbons (Fsp3) is 0.300. The maximum atomic E-state index is 13.1. The van der Waals surface area contributed by atoms with Crippen LogP contribution in [-0.4, -0.2) is 29.1 Å². The van der Waals surface area contributed by atoms with Gasteiger partial charge >= 0.3 is 5.56 Å². The third-order valence-corrected chi connectivity index (χ3v) is 4.62. The van der Waals surface area contributed by atoms with Crippen LogP contribution in [0, 0.1) is 5.21 Å². The number of fused-ring (bicyclic) bond motifs is 1. The average molecular weight is 374 g/mol. The van der Waals surface area contributed by atoms with Gasteiger partial charge in [0.15, 0.2) is 0 Å². The van der Waals surface area contributed by atoms with Crippen LogP contribution in [0.1, 0.15) is 13.8 Å². The molecule has 0 aliphatic carbocycles. The number of aromatic nitrogens is 2. The van der Waals surface area contributed by atoms with Crippen LogP contribution in [0.15, 0.2) is 59.4 Å². The van der Waals surface area contributed by atoms with Crippen LogP contribution in [0.4, 0.5) is 0 Å². The van der Waals surface area contributed by atoms with Crippen molar-refractivity contribution in [1.29, 1.82) is 0 Å². The molecule has 0 saturated carbocycles. The summed E-state index contributed by atoms with van der Waals surface area (Å²) in [4.78, 5) is 15.4. The lowest BCUT2D eigenvalue weighted by Crippen LogP contribution is -2.42. The molecule has 0 aliphatic heterocycles. The molecule has 26 heavy (non-hydrogen) atoms. The third-order valence-electron chi connectivity index (χ3n) is 4.62. The van der Waals surface area contributed by atoms with Gasteiger partial charge in [-0.25, -0.2) is 0 Å². The minimum Gasteiger partial charge on any atom is -0.618 e. The van der Waals surface area contributed by atoms with Crippen LogP contribution < -0.4 is 10.3 Å². The molecule has 0 saturated heterocycles. The first-order valence-electron chi connectivity index (χ1n) is 8.70. The predicted octanol–water partition coefficient (Wildman–Crippen LogP) is 3.07. The maximum absolute atomic E-state index is 13.1. The van der Waals surface area contributed by atoms with Crippen molar-refractivity contribution in [3.8, 4) is 11.3 Å². The smallest absolute Gasteiger partial charge is 0.325 e. The van der Waals surface area contributed by atoms with Gasteiger partial charge in [-0.05, 0) is 31.3 Å². The highest BCUT2D eigenvalue weighted by molar-refractivity contribution is 5.85. The second-order valence-electron chi connectivity index (χ2n) is 5.98. The van der Waals surface area contributed by atoms with E-state index in [1.54, 1.807) is 22.8 Å². The fourth-order valence-corrected chi connectivity index (χ4v) is 3.15. The Balaban J connectivity index is 0.00000243. The lowest BCUT2D eigenvalue weighted by atomic mass is 10.1. The van der Waals surface area contributed by atoms with E-state index in [-0.39, 0.29) is 23.7 Å². The van der Waals surface area contributed by atoms with E-state index in [0.29, 0.717) is 23.1 Å². The summed E-state index contributed by atoms with van der Waals surface area (Å²) in [7, 11) is 0. The molecule has 2 aromatic carbocycles. The number of hydrogen-bond donors (Lipinski definition) is 0. The van der Waals surface area contributed by atoms with Gasteiger partial charge in [-0.1, -0.05) is 44.2 Å². The zero-order valence-electron chi connectivity index (χ0n) is 15.1. The van der Waals surface area contributed by atoms with Gasteiger partial charge in [0.25, 0.3) is 5.69 Å². The van der Waals surface area contributed by atoms with Crippen molar-refractivity contribution in [2.45, 2.75) is 20.4 Å². The SMILES string of the molecule is CCN(CC)CCn1c(=O)c(-c2ccccc2)[n+]([O-])c2ccccc21.Cl. The molecule has 1 heterocycles. The molecule has 0 bridgehead atoms. The molecule has 0 N–H and O–H groups in total. The Hall–Kier alpha value is -2.37. The lowest BCUT2D eigenvalue weighted by Gasteiger charge is -2.20. The summed E-state index contributed by atoms with van der Waals surface area (Å²) in [5, 5.41) is 12.8. The van der Waals surface area contributed by atoms with Crippen molar-refractivity contribution in [1.82, 2.24) is 9.47 Å². The number of hydrogen-bond acceptors (Lipinski definition) is 3. The summed E-state index contributed by atoms with van der Waals surface area (Å²) in [6.45, 7) is 7.41. The minimum atomic E-state index is -0.243. The maximum Gasteiger partial charge on any atom is 0.325 e. The number of likely N-dealkylation sites (N-methyl/N-ethyl adjacent to an activating group) is 1. The van der Waals surface area contributed by atoms with Crippen molar-refractivity contribution in [3.63, 3.8) is 0 Å². The Morgan fingerprint density at radius 3 is 2.27 bits per heavy atom. The van der Waals surface area contributed by atoms with Crippen molar-refractivity contribution in [2.75, 3.05) is 19.6 Å². The van der Waals surface area contributed by atoms with E-state index >= 15 is 0 Å². The molecule has 0 radical (unpaired) electrons. The zero-order chi connectivity index (χ0) is 17.8. The van der Waals surface area contributed by atoms with Gasteiger partial charge in [0.1, 0.15) is 5.52 Å². The monoisotopic (exact) mass is 373 g/mol. The summed E-state index contributed by atoms with van der Waals surface area (Å²) in [5.74, 6) is 0. The summed E-state index contributed by atoms with van der Waals surface area (Å²) in [5.41, 5.74) is 1.77. The lowest BCUT2D eigenvalue weighted by molar-refractivity contribution is -0.566. The predicted molar refractivity (Wildman–Crippen MR) is 108 cm³/mol. The Morgan fingerprint density at radius 2 is 1.62 bits per heavy atom. The number of nitrogens with zero attached hydrogens (tertiary/aromatic N) is 3. The first-order chi connectivity index (χ1) is 12.2. The van der Waals surface area contributed by atoms with E-state index in [2.05, 4.69) is 18.7 Å². The molecule has 0 unspecified atom stereocenters. The van der Waals surface area contributed by atoms with Crippen molar-refractivity contribution >= 4 is 23.4 Å². The van der Waals surface area contributed by atoms with Crippen LogP contribution in [0.3, 0.4) is 0 Å². The summed E-state index contributed by atoms with van der Waals surface area (Å²) < 4.78 is 2.49. The summed E-state index contributed by atoms with van der Waals surface area (Å²) >= 11 is 0. The zero-order valence-corrected chi connectivity index (χ0v) is 15.9. The highest BCUT2D eigenvalue weighted by Crippen LogP contribution is 2.15. The molecule has 138 valence electrons. The van der Waals surface area contributed by atoms with Gasteiger partial charge < -0.3 is 10.1 Å². The third kappa shape index (κ3) is 3.74. The molecule has 3 aromatic rings. The molecule has 5 nitrogen and oxygen atoms in total. The second-order valence-corrected chi connectivity index (χ2v) is 5.98. The highest BCUT2D eigenvalue weighted by atomic mass is 35.5. The van der Waals surface area contributed by atoms with Crippen molar-refractivity contribution < 1.29 is 4.73 Å². The summed E-state index contributed by atoms with van der Waals surface area (Å²) in [6.07, 6.45) is 0. The first-order valence-corrected chi connectivity index (χ1v) is 8.70. The van der Waals surface area contributed by atoms with Gasteiger partial charge in [0.05, 0.1) is 5.56 Å². The van der Waals surface area contributed by atoms with Crippen LogP contribution in [0.5, 0.6) is 0 Å². The fourth-order valence-electron chi connectivity index (χ4n) is 3.15. The molecular formula is C20H24ClN3O2. The van der Waals surface area contributed by atoms with E-state index in [4.69, 9.17) is 0 Å². The van der Waals surface area contributed by atoms with Crippen LogP contribution in [-0.2, 0) is 6.54 Å². The topological polar surface area (TPSA) is 52.2 Å². The molecule has 0 spiro atoms. The van der Waals surface area contributed by atoms with E-state index in [9.17, 15) is 10.0 Å². The average Bonchev–Trinajstić information content (AvgIpc) is 2.66. The molecule has 1 aromatic heterocycles. The van der Waals surface area contributed by atoms with Gasteiger partial charge in [-0.15, -0.1) is 12.4 Å². The molecular weight excluding hydrogens is 350 g/mol. The second kappa shape index (κ2) is 8.83. The molecule has 0 fully saturated rings. The van der Waals surface area contributed by atoms with Crippen LogP contribution in [0.25, 0.3) is 22.3 Å². The van der Waals surface area contributed by atoms with Gasteiger partial charge in [0.2, 0.25) is 5.52 Å². The highest BCUT2D eigenvalue weighted by Gasteiger charge is 2.22. The number of benzene rings is 2. The largest absolute Gasteiger partial charge is 0.618 e. The quantitative estimate of drug-likeness (QED) is 0.493. The van der Waals surface area contributed by atoms with Crippen LogP contribution >= 0.6 is 12.4 Å². The Bertz CT molecular complexity index is 921. The molecule has 3 rings (SSSR count). The number of para-hydroxylation sites is 2. The standard InChI is InChI=1S/C20H23N3O2.ClH/c1-3-21(4-2)14-15-22-17-12-8-9-13-18(17)23(25)19(20(22)24)16-10-6-5-7-11-16;/h5-13H,3-4,14-15H2,1-2H3;1H. The first kappa shape index (κ1) is 19.9. The van der Waals surface area contributed by atoms with Gasteiger partial charge in [-0.2, -0.15) is 4.73 Å². The van der Waals surface area contributed by atoms with E-state index in [1.807, 2.05) is 36.4 Å². The number of rotatable bonds is 6. The number of halogens is 1. The minimum absolute atomic E-state index is 0. The normalized spacial score (nSPS) is 10.9. The Kier molecular flexibility index (Phi) is 6.77.